The van der Waals surface area contributed by atoms with E-state index in [1.165, 1.54) is 28.3 Å². The number of rotatable bonds is 4. The van der Waals surface area contributed by atoms with Crippen LogP contribution in [0.15, 0.2) is 72.3 Å². The van der Waals surface area contributed by atoms with Gasteiger partial charge < -0.3 is 4.90 Å². The number of hydrogen-bond donors (Lipinski definition) is 0. The molecule has 2 aromatic carbocycles. The monoisotopic (exact) mass is 451 g/mol. The molecule has 0 aliphatic carbocycles. The van der Waals surface area contributed by atoms with E-state index >= 15 is 0 Å². The quantitative estimate of drug-likeness (QED) is 0.361. The fraction of sp³-hybridized carbons (Fsp3) is 0.167. The summed E-state index contributed by atoms with van der Waals surface area (Å²) in [6.45, 7) is 5.39. The lowest BCUT2D eigenvalue weighted by Gasteiger charge is -2.19. The summed E-state index contributed by atoms with van der Waals surface area (Å²) < 4.78 is 16.8. The van der Waals surface area contributed by atoms with E-state index in [4.69, 9.17) is 11.6 Å². The third-order valence-corrected chi connectivity index (χ3v) is 7.09. The van der Waals surface area contributed by atoms with E-state index < -0.39 is 0 Å². The molecule has 0 bridgehead atoms. The Balaban J connectivity index is 1.51. The van der Waals surface area contributed by atoms with Crippen LogP contribution in [0, 0.1) is 11.7 Å². The summed E-state index contributed by atoms with van der Waals surface area (Å²) in [5.74, 6) is 0.0317. The average molecular weight is 452 g/mol. The summed E-state index contributed by atoms with van der Waals surface area (Å²) in [6.07, 6.45) is 4.35. The molecule has 2 aromatic heterocycles. The molecule has 1 atom stereocenters. The maximum Gasteiger partial charge on any atom is 0.275 e. The van der Waals surface area contributed by atoms with Gasteiger partial charge in [0.1, 0.15) is 16.8 Å². The molecule has 0 N–H and O–H groups in total. The first-order valence-electron chi connectivity index (χ1n) is 9.98. The Morgan fingerprint density at radius 2 is 2.00 bits per heavy atom. The molecule has 1 aliphatic heterocycles. The van der Waals surface area contributed by atoms with Crippen LogP contribution in [0.2, 0.25) is 5.02 Å². The van der Waals surface area contributed by atoms with E-state index in [1.54, 1.807) is 12.1 Å². The van der Waals surface area contributed by atoms with Crippen LogP contribution in [-0.2, 0) is 0 Å². The van der Waals surface area contributed by atoms with Gasteiger partial charge in [-0.25, -0.2) is 9.37 Å². The third kappa shape index (κ3) is 3.66. The highest BCUT2D eigenvalue weighted by molar-refractivity contribution is 7.22. The van der Waals surface area contributed by atoms with Gasteiger partial charge in [-0.15, -0.1) is 17.9 Å². The molecule has 4 nitrogen and oxygen atoms in total. The number of aromatic nitrogens is 2. The molecule has 5 rings (SSSR count). The number of benzene rings is 2. The predicted octanol–water partition coefficient (Wildman–Crippen LogP) is 5.92. The van der Waals surface area contributed by atoms with E-state index in [1.807, 2.05) is 41.3 Å². The Hall–Kier alpha value is -2.96. The van der Waals surface area contributed by atoms with Crippen molar-refractivity contribution in [3.05, 3.63) is 88.7 Å². The smallest absolute Gasteiger partial charge is 0.275 e. The summed E-state index contributed by atoms with van der Waals surface area (Å²) in [7, 11) is 0. The lowest BCUT2D eigenvalue weighted by Crippen LogP contribution is -2.21. The second kappa shape index (κ2) is 7.94. The third-order valence-electron chi connectivity index (χ3n) is 5.67. The molecule has 156 valence electrons. The van der Waals surface area contributed by atoms with Crippen molar-refractivity contribution in [3.63, 3.8) is 0 Å². The van der Waals surface area contributed by atoms with Crippen molar-refractivity contribution in [2.75, 3.05) is 18.0 Å². The second-order valence-corrected chi connectivity index (χ2v) is 9.11. The maximum absolute atomic E-state index is 14.9. The van der Waals surface area contributed by atoms with Gasteiger partial charge in [0.2, 0.25) is 0 Å². The van der Waals surface area contributed by atoms with Gasteiger partial charge in [-0.1, -0.05) is 29.8 Å². The molecule has 3 heterocycles. The molecule has 4 aromatic rings. The zero-order valence-electron chi connectivity index (χ0n) is 16.6. The summed E-state index contributed by atoms with van der Waals surface area (Å²) >= 11 is 7.34. The minimum atomic E-state index is -0.345. The van der Waals surface area contributed by atoms with Crippen LogP contribution in [-0.4, -0.2) is 22.6 Å². The number of thiophene rings is 1. The molecule has 0 amide bonds. The lowest BCUT2D eigenvalue weighted by molar-refractivity contribution is 0.620. The molecule has 1 aliphatic rings. The number of halogens is 2. The van der Waals surface area contributed by atoms with Crippen LogP contribution in [0.3, 0.4) is 0 Å². The van der Waals surface area contributed by atoms with Gasteiger partial charge in [0, 0.05) is 29.1 Å². The largest absolute Gasteiger partial charge is 0.369 e. The summed E-state index contributed by atoms with van der Waals surface area (Å²) in [5.41, 5.74) is 2.39. The zero-order chi connectivity index (χ0) is 21.5. The van der Waals surface area contributed by atoms with Crippen molar-refractivity contribution in [2.24, 2.45) is 5.92 Å². The summed E-state index contributed by atoms with van der Waals surface area (Å²) in [6, 6.07) is 14.2. The topological polar surface area (TPSA) is 38.1 Å². The molecule has 31 heavy (non-hydrogen) atoms. The van der Waals surface area contributed by atoms with Crippen molar-refractivity contribution in [1.82, 2.24) is 9.55 Å². The molecule has 0 saturated carbocycles. The first-order valence-corrected chi connectivity index (χ1v) is 11.2. The Morgan fingerprint density at radius 3 is 2.71 bits per heavy atom. The van der Waals surface area contributed by atoms with Gasteiger partial charge in [-0.05, 0) is 48.2 Å². The van der Waals surface area contributed by atoms with Crippen molar-refractivity contribution in [3.8, 4) is 16.1 Å². The van der Waals surface area contributed by atoms with Gasteiger partial charge in [0.15, 0.2) is 0 Å². The van der Waals surface area contributed by atoms with Gasteiger partial charge in [-0.3, -0.25) is 9.36 Å². The maximum atomic E-state index is 14.9. The minimum absolute atomic E-state index is 0.213. The Kier molecular flexibility index (Phi) is 5.12. The Labute approximate surface area is 187 Å². The van der Waals surface area contributed by atoms with Crippen LogP contribution < -0.4 is 10.5 Å². The zero-order valence-corrected chi connectivity index (χ0v) is 18.2. The van der Waals surface area contributed by atoms with Crippen LogP contribution in [0.5, 0.6) is 0 Å². The fourth-order valence-electron chi connectivity index (χ4n) is 3.95. The van der Waals surface area contributed by atoms with Gasteiger partial charge in [-0.2, -0.15) is 0 Å². The first kappa shape index (κ1) is 20.0. The molecular formula is C24H19ClFN3OS. The molecular weight excluding hydrogens is 433 g/mol. The molecule has 7 heteroatoms. The highest BCUT2D eigenvalue weighted by Crippen LogP contribution is 2.32. The van der Waals surface area contributed by atoms with E-state index in [0.717, 1.165) is 30.0 Å². The van der Waals surface area contributed by atoms with Crippen LogP contribution in [0.25, 0.3) is 26.3 Å². The highest BCUT2D eigenvalue weighted by Gasteiger charge is 2.23. The second-order valence-electron chi connectivity index (χ2n) is 7.62. The molecule has 1 fully saturated rings. The molecule has 0 radical (unpaired) electrons. The number of nitrogens with zero attached hydrogens (tertiary/aromatic N) is 3. The van der Waals surface area contributed by atoms with Crippen molar-refractivity contribution in [1.29, 1.82) is 0 Å². The van der Waals surface area contributed by atoms with E-state index in [2.05, 4.69) is 11.6 Å². The van der Waals surface area contributed by atoms with Crippen LogP contribution in [0.4, 0.5) is 10.1 Å². The first-order chi connectivity index (χ1) is 15.0. The predicted molar refractivity (Wildman–Crippen MR) is 126 cm³/mol. The standard InChI is InChI=1S/C24H19ClFN3OS/c1-2-15-9-10-28(13-15)21-8-7-18(11-19(21)26)29-14-27-20-12-22(31-23(20)24(29)30)16-3-5-17(25)6-4-16/h2-8,11-12,14-15H,1,9-10,13H2. The minimum Gasteiger partial charge on any atom is -0.369 e. The summed E-state index contributed by atoms with van der Waals surface area (Å²) in [5, 5.41) is 0.657. The van der Waals surface area contributed by atoms with Crippen molar-refractivity contribution < 1.29 is 4.39 Å². The van der Waals surface area contributed by atoms with E-state index in [0.29, 0.717) is 32.5 Å². The molecule has 1 unspecified atom stereocenters. The van der Waals surface area contributed by atoms with Crippen LogP contribution >= 0.6 is 22.9 Å². The Morgan fingerprint density at radius 1 is 1.19 bits per heavy atom. The van der Waals surface area contributed by atoms with Crippen molar-refractivity contribution in [2.45, 2.75) is 6.42 Å². The lowest BCUT2D eigenvalue weighted by atomic mass is 10.1. The number of fused-ring (bicyclic) bond motifs is 1. The fourth-order valence-corrected chi connectivity index (χ4v) is 5.13. The molecule has 0 spiro atoms. The van der Waals surface area contributed by atoms with E-state index in [9.17, 15) is 9.18 Å². The normalized spacial score (nSPS) is 16.2. The van der Waals surface area contributed by atoms with Crippen molar-refractivity contribution >= 4 is 38.8 Å². The van der Waals surface area contributed by atoms with Gasteiger partial charge in [0.25, 0.3) is 5.56 Å². The van der Waals surface area contributed by atoms with Crippen LogP contribution in [0.1, 0.15) is 6.42 Å². The number of anilines is 1. The van der Waals surface area contributed by atoms with Gasteiger partial charge >= 0.3 is 0 Å². The SMILES string of the molecule is C=CC1CCN(c2ccc(-n3cnc4cc(-c5ccc(Cl)cc5)sc4c3=O)cc2F)C1. The highest BCUT2D eigenvalue weighted by atomic mass is 35.5. The summed E-state index contributed by atoms with van der Waals surface area (Å²) in [4.78, 5) is 20.5. The average Bonchev–Trinajstić information content (AvgIpc) is 3.42. The van der Waals surface area contributed by atoms with Gasteiger partial charge in [0.05, 0.1) is 16.9 Å². The molecule has 1 saturated heterocycles. The Bertz CT molecular complexity index is 1350. The number of hydrogen-bond acceptors (Lipinski definition) is 4. The van der Waals surface area contributed by atoms with E-state index in [-0.39, 0.29) is 11.4 Å².